The number of nitrogens with two attached hydrogens (primary N) is 1. The first-order valence-electron chi connectivity index (χ1n) is 4.13. The molecule has 1 heterocycles. The summed E-state index contributed by atoms with van der Waals surface area (Å²) in [6.07, 6.45) is 5.62. The summed E-state index contributed by atoms with van der Waals surface area (Å²) in [5.74, 6) is 0. The minimum Gasteiger partial charge on any atom is -0.353 e. The van der Waals surface area contributed by atoms with Gasteiger partial charge in [-0.1, -0.05) is 0 Å². The zero-order valence-electron chi connectivity index (χ0n) is 6.88. The SMILES string of the molecule is Cn1cccc1C1(N)CCC1. The maximum absolute atomic E-state index is 6.15. The van der Waals surface area contributed by atoms with Gasteiger partial charge < -0.3 is 10.3 Å². The summed E-state index contributed by atoms with van der Waals surface area (Å²) >= 11 is 0. The Morgan fingerprint density at radius 1 is 1.55 bits per heavy atom. The summed E-state index contributed by atoms with van der Waals surface area (Å²) in [6, 6.07) is 4.18. The van der Waals surface area contributed by atoms with Gasteiger partial charge in [-0.25, -0.2) is 0 Å². The van der Waals surface area contributed by atoms with Gasteiger partial charge in [0.15, 0.2) is 0 Å². The Morgan fingerprint density at radius 2 is 2.27 bits per heavy atom. The Balaban J connectivity index is 2.35. The number of nitrogens with zero attached hydrogens (tertiary/aromatic N) is 1. The van der Waals surface area contributed by atoms with Crippen molar-refractivity contribution in [2.75, 3.05) is 0 Å². The van der Waals surface area contributed by atoms with Gasteiger partial charge in [-0.3, -0.25) is 0 Å². The lowest BCUT2D eigenvalue weighted by atomic mass is 9.75. The minimum atomic E-state index is -0.00174. The molecule has 1 saturated carbocycles. The largest absolute Gasteiger partial charge is 0.353 e. The number of aromatic nitrogens is 1. The molecular weight excluding hydrogens is 136 g/mol. The van der Waals surface area contributed by atoms with Crippen LogP contribution in [0.15, 0.2) is 18.3 Å². The number of rotatable bonds is 1. The van der Waals surface area contributed by atoms with Crippen molar-refractivity contribution in [3.8, 4) is 0 Å². The van der Waals surface area contributed by atoms with Crippen molar-refractivity contribution in [3.63, 3.8) is 0 Å². The molecule has 2 N–H and O–H groups in total. The predicted octanol–water partition coefficient (Wildman–Crippen LogP) is 1.36. The molecule has 2 nitrogen and oxygen atoms in total. The molecule has 1 aliphatic rings. The quantitative estimate of drug-likeness (QED) is 0.644. The van der Waals surface area contributed by atoms with E-state index < -0.39 is 0 Å². The fourth-order valence-electron chi connectivity index (χ4n) is 1.79. The highest BCUT2D eigenvalue weighted by Crippen LogP contribution is 2.38. The summed E-state index contributed by atoms with van der Waals surface area (Å²) < 4.78 is 2.12. The minimum absolute atomic E-state index is 0.00174. The molecule has 1 aromatic heterocycles. The third-order valence-electron chi connectivity index (χ3n) is 2.70. The van der Waals surface area contributed by atoms with Crippen LogP contribution in [0, 0.1) is 0 Å². The molecule has 0 atom stereocenters. The van der Waals surface area contributed by atoms with Gasteiger partial charge in [-0.2, -0.15) is 0 Å². The van der Waals surface area contributed by atoms with Gasteiger partial charge in [-0.05, 0) is 31.4 Å². The Labute approximate surface area is 67.0 Å². The molecule has 0 amide bonds. The van der Waals surface area contributed by atoms with Crippen LogP contribution in [0.1, 0.15) is 25.0 Å². The van der Waals surface area contributed by atoms with E-state index in [0.29, 0.717) is 0 Å². The van der Waals surface area contributed by atoms with Gasteiger partial charge in [0.2, 0.25) is 0 Å². The van der Waals surface area contributed by atoms with Gasteiger partial charge in [-0.15, -0.1) is 0 Å². The standard InChI is InChI=1S/C9H14N2/c1-11-7-2-4-8(11)9(10)5-3-6-9/h2,4,7H,3,5-6,10H2,1H3. The molecular formula is C9H14N2. The molecule has 60 valence electrons. The molecule has 0 saturated heterocycles. The number of hydrogen-bond acceptors (Lipinski definition) is 1. The van der Waals surface area contributed by atoms with Crippen molar-refractivity contribution in [3.05, 3.63) is 24.0 Å². The predicted molar refractivity (Wildman–Crippen MR) is 45.1 cm³/mol. The number of aryl methyl sites for hydroxylation is 1. The maximum Gasteiger partial charge on any atom is 0.0563 e. The average Bonchev–Trinajstić information content (AvgIpc) is 2.30. The van der Waals surface area contributed by atoms with Gasteiger partial charge in [0.05, 0.1) is 5.54 Å². The molecule has 2 heteroatoms. The van der Waals surface area contributed by atoms with Crippen LogP contribution in [0.25, 0.3) is 0 Å². The van der Waals surface area contributed by atoms with Crippen LogP contribution < -0.4 is 5.73 Å². The summed E-state index contributed by atoms with van der Waals surface area (Å²) in [7, 11) is 2.06. The lowest BCUT2D eigenvalue weighted by molar-refractivity contribution is 0.240. The zero-order chi connectivity index (χ0) is 7.90. The van der Waals surface area contributed by atoms with Crippen LogP contribution in [0.3, 0.4) is 0 Å². The van der Waals surface area contributed by atoms with Crippen LogP contribution >= 0.6 is 0 Å². The van der Waals surface area contributed by atoms with Crippen molar-refractivity contribution in [1.82, 2.24) is 4.57 Å². The first kappa shape index (κ1) is 6.92. The molecule has 0 unspecified atom stereocenters. The van der Waals surface area contributed by atoms with Crippen LogP contribution in [0.2, 0.25) is 0 Å². The monoisotopic (exact) mass is 150 g/mol. The van der Waals surface area contributed by atoms with Crippen molar-refractivity contribution in [2.45, 2.75) is 24.8 Å². The molecule has 1 aliphatic carbocycles. The topological polar surface area (TPSA) is 30.9 Å². The molecule has 0 radical (unpaired) electrons. The smallest absolute Gasteiger partial charge is 0.0563 e. The molecule has 0 bridgehead atoms. The second kappa shape index (κ2) is 2.11. The van der Waals surface area contributed by atoms with Gasteiger partial charge >= 0.3 is 0 Å². The highest BCUT2D eigenvalue weighted by molar-refractivity contribution is 5.20. The maximum atomic E-state index is 6.15. The van der Waals surface area contributed by atoms with Crippen LogP contribution in [-0.4, -0.2) is 4.57 Å². The molecule has 0 aromatic carbocycles. The van der Waals surface area contributed by atoms with E-state index in [4.69, 9.17) is 5.73 Å². The normalized spacial score (nSPS) is 21.3. The summed E-state index contributed by atoms with van der Waals surface area (Å²) in [6.45, 7) is 0. The second-order valence-corrected chi connectivity index (χ2v) is 3.51. The van der Waals surface area contributed by atoms with Gasteiger partial charge in [0.25, 0.3) is 0 Å². The van der Waals surface area contributed by atoms with Crippen molar-refractivity contribution >= 4 is 0 Å². The second-order valence-electron chi connectivity index (χ2n) is 3.51. The first-order chi connectivity index (χ1) is 5.22. The van der Waals surface area contributed by atoms with Crippen LogP contribution in [0.4, 0.5) is 0 Å². The highest BCUT2D eigenvalue weighted by atomic mass is 15.0. The Bertz CT molecular complexity index is 258. The summed E-state index contributed by atoms with van der Waals surface area (Å²) in [4.78, 5) is 0. The van der Waals surface area contributed by atoms with E-state index in [-0.39, 0.29) is 5.54 Å². The molecule has 2 rings (SSSR count). The summed E-state index contributed by atoms with van der Waals surface area (Å²) in [5, 5.41) is 0. The van der Waals surface area contributed by atoms with E-state index in [9.17, 15) is 0 Å². The van der Waals surface area contributed by atoms with E-state index in [1.807, 2.05) is 0 Å². The number of hydrogen-bond donors (Lipinski definition) is 1. The molecule has 0 spiro atoms. The fraction of sp³-hybridized carbons (Fsp3) is 0.556. The highest BCUT2D eigenvalue weighted by Gasteiger charge is 2.35. The third kappa shape index (κ3) is 0.897. The lowest BCUT2D eigenvalue weighted by Gasteiger charge is -2.38. The first-order valence-corrected chi connectivity index (χ1v) is 4.13. The van der Waals surface area contributed by atoms with Crippen molar-refractivity contribution in [1.29, 1.82) is 0 Å². The molecule has 11 heavy (non-hydrogen) atoms. The van der Waals surface area contributed by atoms with E-state index >= 15 is 0 Å². The van der Waals surface area contributed by atoms with E-state index in [2.05, 4.69) is 29.9 Å². The fourth-order valence-corrected chi connectivity index (χ4v) is 1.79. The average molecular weight is 150 g/mol. The van der Waals surface area contributed by atoms with E-state index in [0.717, 1.165) is 12.8 Å². The summed E-state index contributed by atoms with van der Waals surface area (Å²) in [5.41, 5.74) is 7.43. The zero-order valence-corrected chi connectivity index (χ0v) is 6.88. The van der Waals surface area contributed by atoms with Crippen LogP contribution in [-0.2, 0) is 12.6 Å². The van der Waals surface area contributed by atoms with E-state index in [1.165, 1.54) is 12.1 Å². The Morgan fingerprint density at radius 3 is 2.64 bits per heavy atom. The van der Waals surface area contributed by atoms with Gasteiger partial charge in [0, 0.05) is 18.9 Å². The van der Waals surface area contributed by atoms with Crippen molar-refractivity contribution in [2.24, 2.45) is 12.8 Å². The molecule has 1 aromatic rings. The third-order valence-corrected chi connectivity index (χ3v) is 2.70. The molecule has 1 fully saturated rings. The van der Waals surface area contributed by atoms with E-state index in [1.54, 1.807) is 0 Å². The van der Waals surface area contributed by atoms with Crippen molar-refractivity contribution < 1.29 is 0 Å². The Hall–Kier alpha value is -0.760. The Kier molecular flexibility index (Phi) is 1.33. The van der Waals surface area contributed by atoms with Gasteiger partial charge in [0.1, 0.15) is 0 Å². The molecule has 0 aliphatic heterocycles. The van der Waals surface area contributed by atoms with Crippen LogP contribution in [0.5, 0.6) is 0 Å². The lowest BCUT2D eigenvalue weighted by Crippen LogP contribution is -2.44.